The fourth-order valence-electron chi connectivity index (χ4n) is 2.75. The van der Waals surface area contributed by atoms with Gasteiger partial charge in [0.25, 0.3) is 0 Å². The summed E-state index contributed by atoms with van der Waals surface area (Å²) in [6.07, 6.45) is 5.20. The quantitative estimate of drug-likeness (QED) is 0.844. The average molecular weight is 277 g/mol. The topological polar surface area (TPSA) is 84.1 Å². The molecule has 1 aliphatic heterocycles. The molecule has 1 aromatic heterocycles. The molecule has 20 heavy (non-hydrogen) atoms. The molecule has 0 unspecified atom stereocenters. The summed E-state index contributed by atoms with van der Waals surface area (Å²) in [6.45, 7) is 3.80. The summed E-state index contributed by atoms with van der Waals surface area (Å²) in [5, 5.41) is 3.13. The fraction of sp³-hybridized carbons (Fsp3) is 0.643. The number of hydrogen-bond acceptors (Lipinski definition) is 5. The summed E-state index contributed by atoms with van der Waals surface area (Å²) in [6, 6.07) is 0. The SMILES string of the molecule is CCCc1c(NC)ncnc1N1CCC(C(N)=O)CC1. The van der Waals surface area contributed by atoms with E-state index in [0.29, 0.717) is 0 Å². The van der Waals surface area contributed by atoms with Gasteiger partial charge in [0.05, 0.1) is 0 Å². The van der Waals surface area contributed by atoms with Crippen molar-refractivity contribution in [2.24, 2.45) is 11.7 Å². The van der Waals surface area contributed by atoms with E-state index in [1.165, 1.54) is 0 Å². The van der Waals surface area contributed by atoms with Crippen LogP contribution in [0.1, 0.15) is 31.7 Å². The van der Waals surface area contributed by atoms with Gasteiger partial charge in [-0.05, 0) is 19.3 Å². The van der Waals surface area contributed by atoms with Gasteiger partial charge in [0.15, 0.2) is 0 Å². The molecule has 110 valence electrons. The number of rotatable bonds is 5. The molecule has 6 heteroatoms. The second-order valence-corrected chi connectivity index (χ2v) is 5.19. The monoisotopic (exact) mass is 277 g/mol. The Labute approximate surface area is 119 Å². The zero-order chi connectivity index (χ0) is 14.5. The molecular formula is C14H23N5O. The number of primary amides is 1. The van der Waals surface area contributed by atoms with Crippen molar-refractivity contribution >= 4 is 17.5 Å². The van der Waals surface area contributed by atoms with E-state index in [1.807, 2.05) is 7.05 Å². The first kappa shape index (κ1) is 14.6. The van der Waals surface area contributed by atoms with Crippen LogP contribution in [-0.2, 0) is 11.2 Å². The van der Waals surface area contributed by atoms with Crippen LogP contribution in [0, 0.1) is 5.92 Å². The summed E-state index contributed by atoms with van der Waals surface area (Å²) in [4.78, 5) is 22.2. The Kier molecular flexibility index (Phi) is 4.76. The zero-order valence-corrected chi connectivity index (χ0v) is 12.2. The molecule has 0 bridgehead atoms. The van der Waals surface area contributed by atoms with Gasteiger partial charge < -0.3 is 16.0 Å². The Morgan fingerprint density at radius 1 is 1.45 bits per heavy atom. The van der Waals surface area contributed by atoms with Crippen LogP contribution in [0.2, 0.25) is 0 Å². The third-order valence-electron chi connectivity index (χ3n) is 3.86. The lowest BCUT2D eigenvalue weighted by Crippen LogP contribution is -2.39. The minimum absolute atomic E-state index is 0.00600. The molecule has 1 aliphatic rings. The van der Waals surface area contributed by atoms with E-state index in [0.717, 1.165) is 56.0 Å². The smallest absolute Gasteiger partial charge is 0.220 e. The predicted molar refractivity (Wildman–Crippen MR) is 79.7 cm³/mol. The Hall–Kier alpha value is -1.85. The van der Waals surface area contributed by atoms with Gasteiger partial charge in [0.2, 0.25) is 5.91 Å². The van der Waals surface area contributed by atoms with Gasteiger partial charge >= 0.3 is 0 Å². The number of nitrogens with one attached hydrogen (secondary N) is 1. The lowest BCUT2D eigenvalue weighted by atomic mass is 9.96. The molecule has 0 atom stereocenters. The molecule has 0 aromatic carbocycles. The number of anilines is 2. The first-order chi connectivity index (χ1) is 9.67. The Bertz CT molecular complexity index is 469. The van der Waals surface area contributed by atoms with Crippen molar-refractivity contribution in [2.45, 2.75) is 32.6 Å². The molecule has 6 nitrogen and oxygen atoms in total. The second-order valence-electron chi connectivity index (χ2n) is 5.19. The number of carbonyl (C=O) groups excluding carboxylic acids is 1. The number of carbonyl (C=O) groups is 1. The highest BCUT2D eigenvalue weighted by Crippen LogP contribution is 2.28. The number of amides is 1. The Balaban J connectivity index is 2.18. The Morgan fingerprint density at radius 3 is 2.70 bits per heavy atom. The van der Waals surface area contributed by atoms with Gasteiger partial charge in [-0.2, -0.15) is 0 Å². The van der Waals surface area contributed by atoms with Crippen molar-refractivity contribution in [3.63, 3.8) is 0 Å². The number of piperidine rings is 1. The van der Waals surface area contributed by atoms with Gasteiger partial charge in [-0.3, -0.25) is 4.79 Å². The minimum Gasteiger partial charge on any atom is -0.373 e. The van der Waals surface area contributed by atoms with E-state index in [-0.39, 0.29) is 11.8 Å². The molecule has 2 heterocycles. The maximum atomic E-state index is 11.2. The van der Waals surface area contributed by atoms with Crippen LogP contribution in [0.3, 0.4) is 0 Å². The van der Waals surface area contributed by atoms with Crippen molar-refractivity contribution in [2.75, 3.05) is 30.4 Å². The summed E-state index contributed by atoms with van der Waals surface area (Å²) in [5.41, 5.74) is 6.54. The first-order valence-electron chi connectivity index (χ1n) is 7.23. The molecule has 0 saturated carbocycles. The molecule has 1 saturated heterocycles. The van der Waals surface area contributed by atoms with E-state index in [9.17, 15) is 4.79 Å². The van der Waals surface area contributed by atoms with Gasteiger partial charge in [0, 0.05) is 31.6 Å². The number of aromatic nitrogens is 2. The number of hydrogen-bond donors (Lipinski definition) is 2. The number of nitrogens with two attached hydrogens (primary N) is 1. The molecule has 1 amide bonds. The highest BCUT2D eigenvalue weighted by Gasteiger charge is 2.25. The van der Waals surface area contributed by atoms with Crippen molar-refractivity contribution < 1.29 is 4.79 Å². The third kappa shape index (κ3) is 3.00. The molecule has 0 radical (unpaired) electrons. The maximum absolute atomic E-state index is 11.2. The highest BCUT2D eigenvalue weighted by atomic mass is 16.1. The van der Waals surface area contributed by atoms with E-state index >= 15 is 0 Å². The lowest BCUT2D eigenvalue weighted by molar-refractivity contribution is -0.122. The van der Waals surface area contributed by atoms with Gasteiger partial charge in [0.1, 0.15) is 18.0 Å². The molecule has 1 fully saturated rings. The van der Waals surface area contributed by atoms with Crippen LogP contribution >= 0.6 is 0 Å². The Morgan fingerprint density at radius 2 is 2.15 bits per heavy atom. The van der Waals surface area contributed by atoms with Crippen LogP contribution in [-0.4, -0.2) is 36.0 Å². The van der Waals surface area contributed by atoms with E-state index in [2.05, 4.69) is 27.1 Å². The highest BCUT2D eigenvalue weighted by molar-refractivity contribution is 5.77. The largest absolute Gasteiger partial charge is 0.373 e. The van der Waals surface area contributed by atoms with Crippen LogP contribution in [0.5, 0.6) is 0 Å². The van der Waals surface area contributed by atoms with Gasteiger partial charge in [-0.25, -0.2) is 9.97 Å². The average Bonchev–Trinajstić information content (AvgIpc) is 2.48. The van der Waals surface area contributed by atoms with E-state index in [1.54, 1.807) is 6.33 Å². The first-order valence-corrected chi connectivity index (χ1v) is 7.23. The zero-order valence-electron chi connectivity index (χ0n) is 12.2. The van der Waals surface area contributed by atoms with Crippen LogP contribution in [0.4, 0.5) is 11.6 Å². The predicted octanol–water partition coefficient (Wildman–Crippen LogP) is 1.17. The maximum Gasteiger partial charge on any atom is 0.220 e. The summed E-state index contributed by atoms with van der Waals surface area (Å²) in [5.74, 6) is 1.71. The van der Waals surface area contributed by atoms with E-state index in [4.69, 9.17) is 5.73 Å². The molecule has 0 aliphatic carbocycles. The van der Waals surface area contributed by atoms with Crippen molar-refractivity contribution in [3.8, 4) is 0 Å². The van der Waals surface area contributed by atoms with E-state index < -0.39 is 0 Å². The van der Waals surface area contributed by atoms with Crippen molar-refractivity contribution in [1.82, 2.24) is 9.97 Å². The second kappa shape index (κ2) is 6.54. The van der Waals surface area contributed by atoms with Crippen LogP contribution in [0.15, 0.2) is 6.33 Å². The third-order valence-corrected chi connectivity index (χ3v) is 3.86. The normalized spacial score (nSPS) is 16.2. The molecule has 3 N–H and O–H groups in total. The molecule has 2 rings (SSSR count). The molecule has 0 spiro atoms. The minimum atomic E-state index is -0.183. The van der Waals surface area contributed by atoms with Gasteiger partial charge in [-0.1, -0.05) is 13.3 Å². The summed E-state index contributed by atoms with van der Waals surface area (Å²) < 4.78 is 0. The molecular weight excluding hydrogens is 254 g/mol. The summed E-state index contributed by atoms with van der Waals surface area (Å²) in [7, 11) is 1.88. The number of nitrogens with zero attached hydrogens (tertiary/aromatic N) is 3. The van der Waals surface area contributed by atoms with Gasteiger partial charge in [-0.15, -0.1) is 0 Å². The molecule has 1 aromatic rings. The fourth-order valence-corrected chi connectivity index (χ4v) is 2.75. The van der Waals surface area contributed by atoms with Crippen LogP contribution in [0.25, 0.3) is 0 Å². The van der Waals surface area contributed by atoms with Crippen LogP contribution < -0.4 is 16.0 Å². The standard InChI is InChI=1S/C14H23N5O/c1-3-4-11-13(16-2)17-9-18-14(11)19-7-5-10(6-8-19)12(15)20/h9-10H,3-8H2,1-2H3,(H2,15,20)(H,16,17,18). The van der Waals surface area contributed by atoms with Crippen molar-refractivity contribution in [3.05, 3.63) is 11.9 Å². The lowest BCUT2D eigenvalue weighted by Gasteiger charge is -2.32. The van der Waals surface area contributed by atoms with Crippen molar-refractivity contribution in [1.29, 1.82) is 0 Å². The summed E-state index contributed by atoms with van der Waals surface area (Å²) >= 11 is 0.